The molecular formula is C10H6BrCl2N3. The zero-order valence-corrected chi connectivity index (χ0v) is 11.0. The van der Waals surface area contributed by atoms with Gasteiger partial charge in [0.15, 0.2) is 0 Å². The van der Waals surface area contributed by atoms with Gasteiger partial charge in [0.05, 0.1) is 10.7 Å². The lowest BCUT2D eigenvalue weighted by Crippen LogP contribution is -1.94. The van der Waals surface area contributed by atoms with Crippen LogP contribution in [0.2, 0.25) is 10.2 Å². The molecule has 1 heterocycles. The molecule has 0 fully saturated rings. The minimum absolute atomic E-state index is 0.380. The fourth-order valence-electron chi connectivity index (χ4n) is 1.13. The van der Waals surface area contributed by atoms with Gasteiger partial charge in [-0.15, -0.1) is 0 Å². The third-order valence-electron chi connectivity index (χ3n) is 1.83. The molecule has 3 nitrogen and oxygen atoms in total. The van der Waals surface area contributed by atoms with Gasteiger partial charge in [-0.1, -0.05) is 39.1 Å². The largest absolute Gasteiger partial charge is 0.339 e. The second kappa shape index (κ2) is 4.99. The lowest BCUT2D eigenvalue weighted by molar-refractivity contribution is 1.17. The predicted molar refractivity (Wildman–Crippen MR) is 69.5 cm³/mol. The van der Waals surface area contributed by atoms with E-state index in [9.17, 15) is 0 Å². The number of anilines is 2. The number of hydrogen-bond acceptors (Lipinski definition) is 3. The molecule has 0 aliphatic carbocycles. The van der Waals surface area contributed by atoms with Crippen LogP contribution >= 0.6 is 39.1 Å². The van der Waals surface area contributed by atoms with E-state index < -0.39 is 0 Å². The maximum Gasteiger partial charge on any atom is 0.135 e. The predicted octanol–water partition coefficient (Wildman–Crippen LogP) is 4.29. The fourth-order valence-corrected chi connectivity index (χ4v) is 2.00. The van der Waals surface area contributed by atoms with Crippen molar-refractivity contribution in [2.75, 3.05) is 5.32 Å². The van der Waals surface area contributed by atoms with Crippen LogP contribution in [0.3, 0.4) is 0 Å². The smallest absolute Gasteiger partial charge is 0.135 e. The van der Waals surface area contributed by atoms with Crippen molar-refractivity contribution >= 4 is 50.6 Å². The Morgan fingerprint density at radius 1 is 1.12 bits per heavy atom. The first-order valence-corrected chi connectivity index (χ1v) is 5.89. The number of rotatable bonds is 2. The Hall–Kier alpha value is -0.840. The van der Waals surface area contributed by atoms with Gasteiger partial charge in [-0.05, 0) is 18.2 Å². The quantitative estimate of drug-likeness (QED) is 0.839. The van der Waals surface area contributed by atoms with Gasteiger partial charge in [-0.3, -0.25) is 0 Å². The molecule has 2 aromatic rings. The number of nitrogens with zero attached hydrogens (tertiary/aromatic N) is 2. The molecule has 0 spiro atoms. The first-order valence-electron chi connectivity index (χ1n) is 4.35. The van der Waals surface area contributed by atoms with Crippen molar-refractivity contribution in [2.45, 2.75) is 0 Å². The number of halogens is 3. The minimum atomic E-state index is 0.380. The van der Waals surface area contributed by atoms with Crippen molar-refractivity contribution in [2.24, 2.45) is 0 Å². The van der Waals surface area contributed by atoms with Gasteiger partial charge in [0.25, 0.3) is 0 Å². The highest BCUT2D eigenvalue weighted by molar-refractivity contribution is 9.10. The SMILES string of the molecule is Clc1cc(Nc2ccc(Br)cc2Cl)ncn1. The van der Waals surface area contributed by atoms with Crippen molar-refractivity contribution in [1.29, 1.82) is 0 Å². The molecule has 0 unspecified atom stereocenters. The zero-order valence-electron chi connectivity index (χ0n) is 7.92. The Labute approximate surface area is 111 Å². The van der Waals surface area contributed by atoms with E-state index in [0.29, 0.717) is 16.0 Å². The molecule has 2 rings (SSSR count). The van der Waals surface area contributed by atoms with Crippen molar-refractivity contribution in [3.63, 3.8) is 0 Å². The monoisotopic (exact) mass is 317 g/mol. The van der Waals surface area contributed by atoms with Gasteiger partial charge in [-0.25, -0.2) is 9.97 Å². The van der Waals surface area contributed by atoms with E-state index in [1.54, 1.807) is 12.1 Å². The highest BCUT2D eigenvalue weighted by Crippen LogP contribution is 2.28. The number of benzene rings is 1. The van der Waals surface area contributed by atoms with Crippen LogP contribution in [0.1, 0.15) is 0 Å². The molecule has 0 saturated heterocycles. The molecule has 82 valence electrons. The summed E-state index contributed by atoms with van der Waals surface area (Å²) in [7, 11) is 0. The second-order valence-corrected chi connectivity index (χ2v) is 4.69. The molecule has 0 aliphatic heterocycles. The summed E-state index contributed by atoms with van der Waals surface area (Å²) in [6, 6.07) is 7.16. The van der Waals surface area contributed by atoms with Crippen LogP contribution in [0, 0.1) is 0 Å². The minimum Gasteiger partial charge on any atom is -0.339 e. The van der Waals surface area contributed by atoms with Crippen LogP contribution < -0.4 is 5.32 Å². The molecule has 1 aromatic heterocycles. The van der Waals surface area contributed by atoms with Crippen molar-refractivity contribution in [3.05, 3.63) is 45.2 Å². The van der Waals surface area contributed by atoms with Gasteiger partial charge in [0.2, 0.25) is 0 Å². The first kappa shape index (κ1) is 11.6. The zero-order chi connectivity index (χ0) is 11.5. The van der Waals surface area contributed by atoms with Gasteiger partial charge in [0.1, 0.15) is 17.3 Å². The Kier molecular flexibility index (Phi) is 3.63. The Bertz CT molecular complexity index is 519. The summed E-state index contributed by atoms with van der Waals surface area (Å²) in [5, 5.41) is 4.03. The first-order chi connectivity index (χ1) is 7.65. The summed E-state index contributed by atoms with van der Waals surface area (Å²) < 4.78 is 0.920. The van der Waals surface area contributed by atoms with E-state index in [2.05, 4.69) is 31.2 Å². The standard InChI is InChI=1S/C10H6BrCl2N3/c11-6-1-2-8(7(12)3-6)16-10-4-9(13)14-5-15-10/h1-5H,(H,14,15,16). The van der Waals surface area contributed by atoms with Crippen LogP contribution in [-0.2, 0) is 0 Å². The van der Waals surface area contributed by atoms with Gasteiger partial charge >= 0.3 is 0 Å². The van der Waals surface area contributed by atoms with Crippen LogP contribution in [0.25, 0.3) is 0 Å². The lowest BCUT2D eigenvalue weighted by atomic mass is 10.3. The molecule has 0 atom stereocenters. The Balaban J connectivity index is 2.27. The van der Waals surface area contributed by atoms with Crippen molar-refractivity contribution in [3.8, 4) is 0 Å². The highest BCUT2D eigenvalue weighted by atomic mass is 79.9. The molecule has 0 amide bonds. The van der Waals surface area contributed by atoms with E-state index in [1.165, 1.54) is 6.33 Å². The van der Waals surface area contributed by atoms with Crippen LogP contribution in [0.15, 0.2) is 35.1 Å². The van der Waals surface area contributed by atoms with Crippen molar-refractivity contribution < 1.29 is 0 Å². The van der Waals surface area contributed by atoms with E-state index in [1.807, 2.05) is 12.1 Å². The van der Waals surface area contributed by atoms with E-state index >= 15 is 0 Å². The number of nitrogens with one attached hydrogen (secondary N) is 1. The summed E-state index contributed by atoms with van der Waals surface area (Å²) in [6.45, 7) is 0. The summed E-state index contributed by atoms with van der Waals surface area (Å²) in [6.07, 6.45) is 1.39. The van der Waals surface area contributed by atoms with Gasteiger partial charge < -0.3 is 5.32 Å². The van der Waals surface area contributed by atoms with Crippen molar-refractivity contribution in [1.82, 2.24) is 9.97 Å². The van der Waals surface area contributed by atoms with Crippen LogP contribution in [-0.4, -0.2) is 9.97 Å². The molecule has 0 saturated carbocycles. The maximum absolute atomic E-state index is 6.05. The molecule has 1 N–H and O–H groups in total. The second-order valence-electron chi connectivity index (χ2n) is 2.98. The normalized spacial score (nSPS) is 10.2. The fraction of sp³-hybridized carbons (Fsp3) is 0. The highest BCUT2D eigenvalue weighted by Gasteiger charge is 2.02. The molecule has 0 aliphatic rings. The summed E-state index contributed by atoms with van der Waals surface area (Å²) in [5.41, 5.74) is 0.764. The van der Waals surface area contributed by atoms with E-state index in [4.69, 9.17) is 23.2 Å². The third-order valence-corrected chi connectivity index (χ3v) is 2.84. The Morgan fingerprint density at radius 3 is 2.62 bits per heavy atom. The van der Waals surface area contributed by atoms with Gasteiger partial charge in [0, 0.05) is 10.5 Å². The lowest BCUT2D eigenvalue weighted by Gasteiger charge is -2.07. The van der Waals surface area contributed by atoms with E-state index in [0.717, 1.165) is 10.2 Å². The molecular weight excluding hydrogens is 313 g/mol. The number of hydrogen-bond donors (Lipinski definition) is 1. The molecule has 16 heavy (non-hydrogen) atoms. The summed E-state index contributed by atoms with van der Waals surface area (Å²) >= 11 is 15.1. The third kappa shape index (κ3) is 2.84. The summed E-state index contributed by atoms with van der Waals surface area (Å²) in [4.78, 5) is 7.81. The van der Waals surface area contributed by atoms with Gasteiger partial charge in [-0.2, -0.15) is 0 Å². The Morgan fingerprint density at radius 2 is 1.94 bits per heavy atom. The average molecular weight is 319 g/mol. The topological polar surface area (TPSA) is 37.8 Å². The molecule has 0 bridgehead atoms. The van der Waals surface area contributed by atoms with Crippen LogP contribution in [0.4, 0.5) is 11.5 Å². The maximum atomic E-state index is 6.05. The van der Waals surface area contributed by atoms with E-state index in [-0.39, 0.29) is 0 Å². The average Bonchev–Trinajstić information content (AvgIpc) is 2.22. The summed E-state index contributed by atoms with van der Waals surface area (Å²) in [5.74, 6) is 0.601. The molecule has 6 heteroatoms. The molecule has 1 aromatic carbocycles. The van der Waals surface area contributed by atoms with Crippen LogP contribution in [0.5, 0.6) is 0 Å². The number of aromatic nitrogens is 2. The molecule has 0 radical (unpaired) electrons.